The van der Waals surface area contributed by atoms with E-state index in [1.807, 2.05) is 23.1 Å². The SMILES string of the molecule is COc1cc(C=CC(=O)N2CCN(c3ccccc3F)CC2)cc(OC)c1. The molecule has 0 aromatic heterocycles. The minimum absolute atomic E-state index is 0.0648. The van der Waals surface area contributed by atoms with Gasteiger partial charge in [0.1, 0.15) is 17.3 Å². The van der Waals surface area contributed by atoms with E-state index in [0.717, 1.165) is 5.56 Å². The summed E-state index contributed by atoms with van der Waals surface area (Å²) in [4.78, 5) is 16.2. The molecule has 2 aromatic carbocycles. The number of halogens is 1. The molecule has 0 radical (unpaired) electrons. The first-order valence-electron chi connectivity index (χ1n) is 8.80. The zero-order valence-electron chi connectivity index (χ0n) is 15.5. The van der Waals surface area contributed by atoms with Crippen LogP contribution in [0.4, 0.5) is 10.1 Å². The summed E-state index contributed by atoms with van der Waals surface area (Å²) < 4.78 is 24.4. The van der Waals surface area contributed by atoms with Crippen LogP contribution < -0.4 is 14.4 Å². The van der Waals surface area contributed by atoms with Gasteiger partial charge in [-0.25, -0.2) is 4.39 Å². The van der Waals surface area contributed by atoms with Crippen molar-refractivity contribution in [3.8, 4) is 11.5 Å². The van der Waals surface area contributed by atoms with Crippen LogP contribution in [0.25, 0.3) is 6.08 Å². The first kappa shape index (κ1) is 18.8. The Hall–Kier alpha value is -3.02. The molecule has 6 heteroatoms. The summed E-state index contributed by atoms with van der Waals surface area (Å²) in [5.41, 5.74) is 1.41. The maximum Gasteiger partial charge on any atom is 0.246 e. The second kappa shape index (κ2) is 8.58. The molecule has 5 nitrogen and oxygen atoms in total. The molecule has 0 aliphatic carbocycles. The van der Waals surface area contributed by atoms with Gasteiger partial charge in [0.15, 0.2) is 0 Å². The van der Waals surface area contributed by atoms with Crippen molar-refractivity contribution in [2.45, 2.75) is 0 Å². The van der Waals surface area contributed by atoms with Crippen molar-refractivity contribution < 1.29 is 18.7 Å². The van der Waals surface area contributed by atoms with Crippen LogP contribution in [-0.2, 0) is 4.79 Å². The zero-order chi connectivity index (χ0) is 19.2. The predicted molar refractivity (Wildman–Crippen MR) is 104 cm³/mol. The number of anilines is 1. The van der Waals surface area contributed by atoms with Crippen LogP contribution in [0.2, 0.25) is 0 Å². The van der Waals surface area contributed by atoms with Crippen LogP contribution in [0.1, 0.15) is 5.56 Å². The third kappa shape index (κ3) is 4.58. The first-order chi connectivity index (χ1) is 13.1. The monoisotopic (exact) mass is 370 g/mol. The quantitative estimate of drug-likeness (QED) is 0.758. The van der Waals surface area contributed by atoms with Crippen molar-refractivity contribution in [3.05, 3.63) is 59.9 Å². The number of nitrogens with zero attached hydrogens (tertiary/aromatic N) is 2. The van der Waals surface area contributed by atoms with Crippen LogP contribution in [0.15, 0.2) is 48.5 Å². The van der Waals surface area contributed by atoms with E-state index in [1.54, 1.807) is 49.5 Å². The largest absolute Gasteiger partial charge is 0.497 e. The summed E-state index contributed by atoms with van der Waals surface area (Å²) in [6, 6.07) is 12.2. The van der Waals surface area contributed by atoms with E-state index in [2.05, 4.69) is 0 Å². The standard InChI is InChI=1S/C21H23FN2O3/c1-26-17-13-16(14-18(15-17)27-2)7-8-21(25)24-11-9-23(10-12-24)20-6-4-3-5-19(20)22/h3-8,13-15H,9-12H2,1-2H3. The van der Waals surface area contributed by atoms with E-state index < -0.39 is 0 Å². The van der Waals surface area contributed by atoms with Crippen molar-refractivity contribution >= 4 is 17.7 Å². The van der Waals surface area contributed by atoms with Gasteiger partial charge in [0.2, 0.25) is 5.91 Å². The number of hydrogen-bond donors (Lipinski definition) is 0. The average molecular weight is 370 g/mol. The molecular weight excluding hydrogens is 347 g/mol. The van der Waals surface area contributed by atoms with E-state index in [9.17, 15) is 9.18 Å². The van der Waals surface area contributed by atoms with Crippen LogP contribution in [0.3, 0.4) is 0 Å². The summed E-state index contributed by atoms with van der Waals surface area (Å²) in [5, 5.41) is 0. The minimum atomic E-state index is -0.232. The van der Waals surface area contributed by atoms with Gasteiger partial charge in [-0.3, -0.25) is 4.79 Å². The molecule has 1 aliphatic heterocycles. The number of piperazine rings is 1. The third-order valence-corrected chi connectivity index (χ3v) is 4.58. The fourth-order valence-electron chi connectivity index (χ4n) is 3.07. The van der Waals surface area contributed by atoms with Crippen molar-refractivity contribution in [1.82, 2.24) is 4.90 Å². The lowest BCUT2D eigenvalue weighted by Crippen LogP contribution is -2.48. The molecule has 0 bridgehead atoms. The number of methoxy groups -OCH3 is 2. The third-order valence-electron chi connectivity index (χ3n) is 4.58. The Labute approximate surface area is 158 Å². The molecule has 2 aromatic rings. The predicted octanol–water partition coefficient (Wildman–Crippen LogP) is 3.20. The molecule has 0 unspecified atom stereocenters. The molecule has 27 heavy (non-hydrogen) atoms. The molecule has 0 atom stereocenters. The van der Waals surface area contributed by atoms with Crippen LogP contribution in [0.5, 0.6) is 11.5 Å². The number of hydrogen-bond acceptors (Lipinski definition) is 4. The fourth-order valence-corrected chi connectivity index (χ4v) is 3.07. The maximum absolute atomic E-state index is 13.9. The van der Waals surface area contributed by atoms with Gasteiger partial charge in [0.05, 0.1) is 19.9 Å². The van der Waals surface area contributed by atoms with Gasteiger partial charge >= 0.3 is 0 Å². The topological polar surface area (TPSA) is 42.0 Å². The van der Waals surface area contributed by atoms with Crippen molar-refractivity contribution in [2.75, 3.05) is 45.3 Å². The summed E-state index contributed by atoms with van der Waals surface area (Å²) in [6.07, 6.45) is 3.30. The summed E-state index contributed by atoms with van der Waals surface area (Å²) in [6.45, 7) is 2.32. The molecule has 1 fully saturated rings. The summed E-state index contributed by atoms with van der Waals surface area (Å²) >= 11 is 0. The van der Waals surface area contributed by atoms with Gasteiger partial charge < -0.3 is 19.3 Å². The van der Waals surface area contributed by atoms with Crippen molar-refractivity contribution in [2.24, 2.45) is 0 Å². The Bertz CT molecular complexity index is 808. The zero-order valence-corrected chi connectivity index (χ0v) is 15.5. The Morgan fingerprint density at radius 1 is 1.00 bits per heavy atom. The molecule has 1 heterocycles. The first-order valence-corrected chi connectivity index (χ1v) is 8.80. The highest BCUT2D eigenvalue weighted by molar-refractivity contribution is 5.92. The van der Waals surface area contributed by atoms with Gasteiger partial charge in [-0.15, -0.1) is 0 Å². The smallest absolute Gasteiger partial charge is 0.246 e. The van der Waals surface area contributed by atoms with Crippen molar-refractivity contribution in [1.29, 1.82) is 0 Å². The van der Waals surface area contributed by atoms with E-state index >= 15 is 0 Å². The number of para-hydroxylation sites is 1. The Morgan fingerprint density at radius 2 is 1.63 bits per heavy atom. The second-order valence-electron chi connectivity index (χ2n) is 6.24. The number of carbonyl (C=O) groups is 1. The highest BCUT2D eigenvalue weighted by Crippen LogP contribution is 2.23. The second-order valence-corrected chi connectivity index (χ2v) is 6.24. The van der Waals surface area contributed by atoms with E-state index in [0.29, 0.717) is 43.4 Å². The Balaban J connectivity index is 1.61. The molecule has 142 valence electrons. The van der Waals surface area contributed by atoms with Gasteiger partial charge in [-0.05, 0) is 35.9 Å². The lowest BCUT2D eigenvalue weighted by molar-refractivity contribution is -0.126. The van der Waals surface area contributed by atoms with Crippen LogP contribution in [0, 0.1) is 5.82 Å². The molecule has 1 aliphatic rings. The highest BCUT2D eigenvalue weighted by atomic mass is 19.1. The molecule has 0 spiro atoms. The van der Waals surface area contributed by atoms with Crippen molar-refractivity contribution in [3.63, 3.8) is 0 Å². The lowest BCUT2D eigenvalue weighted by Gasteiger charge is -2.35. The van der Waals surface area contributed by atoms with E-state index in [1.165, 1.54) is 6.07 Å². The van der Waals surface area contributed by atoms with Gasteiger partial charge in [0.25, 0.3) is 0 Å². The summed E-state index contributed by atoms with van der Waals surface area (Å²) in [7, 11) is 3.17. The number of amides is 1. The Morgan fingerprint density at radius 3 is 2.22 bits per heavy atom. The minimum Gasteiger partial charge on any atom is -0.497 e. The number of ether oxygens (including phenoxy) is 2. The molecule has 3 rings (SSSR count). The summed E-state index contributed by atoms with van der Waals surface area (Å²) in [5.74, 6) is 1.04. The fraction of sp³-hybridized carbons (Fsp3) is 0.286. The lowest BCUT2D eigenvalue weighted by atomic mass is 10.1. The Kier molecular flexibility index (Phi) is 5.96. The van der Waals surface area contributed by atoms with Gasteiger partial charge in [0, 0.05) is 38.3 Å². The number of benzene rings is 2. The van der Waals surface area contributed by atoms with Crippen LogP contribution >= 0.6 is 0 Å². The normalized spacial score (nSPS) is 14.5. The van der Waals surface area contributed by atoms with E-state index in [-0.39, 0.29) is 11.7 Å². The molecular formula is C21H23FN2O3. The highest BCUT2D eigenvalue weighted by Gasteiger charge is 2.21. The average Bonchev–Trinajstić information content (AvgIpc) is 2.72. The molecule has 0 N–H and O–H groups in total. The molecule has 1 amide bonds. The van der Waals surface area contributed by atoms with Crippen LogP contribution in [-0.4, -0.2) is 51.2 Å². The van der Waals surface area contributed by atoms with Gasteiger partial charge in [-0.2, -0.15) is 0 Å². The molecule has 0 saturated carbocycles. The maximum atomic E-state index is 13.9. The molecule has 1 saturated heterocycles. The number of carbonyl (C=O) groups excluding carboxylic acids is 1. The van der Waals surface area contributed by atoms with Gasteiger partial charge in [-0.1, -0.05) is 12.1 Å². The number of rotatable bonds is 5. The van der Waals surface area contributed by atoms with E-state index in [4.69, 9.17) is 9.47 Å².